The first-order chi connectivity index (χ1) is 8.47. The van der Waals surface area contributed by atoms with E-state index < -0.39 is 11.9 Å². The number of hydrogen-bond acceptors (Lipinski definition) is 3. The largest absolute Gasteiger partial charge is 0.435 e. The highest BCUT2D eigenvalue weighted by atomic mass is 19.4. The predicted octanol–water partition coefficient (Wildman–Crippen LogP) is 1.45. The van der Waals surface area contributed by atoms with Gasteiger partial charge in [-0.2, -0.15) is 23.4 Å². The van der Waals surface area contributed by atoms with Gasteiger partial charge in [0.2, 0.25) is 0 Å². The summed E-state index contributed by atoms with van der Waals surface area (Å²) in [5, 5.41) is 12.6. The SMILES string of the molecule is Cn1nccc1CNCc1cc(C(F)(F)F)n[nH]1. The zero-order chi connectivity index (χ0) is 13.2. The van der Waals surface area contributed by atoms with Crippen molar-refractivity contribution in [2.45, 2.75) is 19.3 Å². The van der Waals surface area contributed by atoms with Crippen LogP contribution in [-0.4, -0.2) is 20.0 Å². The summed E-state index contributed by atoms with van der Waals surface area (Å²) in [6.07, 6.45) is -2.74. The Labute approximate surface area is 101 Å². The maximum atomic E-state index is 12.3. The van der Waals surface area contributed by atoms with Crippen LogP contribution in [-0.2, 0) is 26.3 Å². The molecule has 0 bridgehead atoms. The minimum Gasteiger partial charge on any atom is -0.306 e. The molecule has 2 aromatic heterocycles. The van der Waals surface area contributed by atoms with Gasteiger partial charge >= 0.3 is 6.18 Å². The lowest BCUT2D eigenvalue weighted by Gasteiger charge is -2.03. The Kier molecular flexibility index (Phi) is 3.37. The Hall–Kier alpha value is -1.83. The molecule has 0 amide bonds. The fourth-order valence-electron chi connectivity index (χ4n) is 1.50. The van der Waals surface area contributed by atoms with Crippen molar-refractivity contribution < 1.29 is 13.2 Å². The van der Waals surface area contributed by atoms with Crippen LogP contribution in [0, 0.1) is 0 Å². The second-order valence-electron chi connectivity index (χ2n) is 3.83. The molecule has 2 heterocycles. The van der Waals surface area contributed by atoms with E-state index in [4.69, 9.17) is 0 Å². The summed E-state index contributed by atoms with van der Waals surface area (Å²) in [6.45, 7) is 0.811. The highest BCUT2D eigenvalue weighted by molar-refractivity contribution is 5.11. The molecule has 0 saturated carbocycles. The Balaban J connectivity index is 1.88. The van der Waals surface area contributed by atoms with Crippen LogP contribution in [0.1, 0.15) is 17.1 Å². The average Bonchev–Trinajstić information content (AvgIpc) is 2.88. The minimum atomic E-state index is -4.41. The monoisotopic (exact) mass is 259 g/mol. The van der Waals surface area contributed by atoms with Crippen molar-refractivity contribution >= 4 is 0 Å². The average molecular weight is 259 g/mol. The number of aromatic amines is 1. The lowest BCUT2D eigenvalue weighted by molar-refractivity contribution is -0.141. The van der Waals surface area contributed by atoms with E-state index in [0.29, 0.717) is 12.2 Å². The van der Waals surface area contributed by atoms with Crippen LogP contribution in [0.4, 0.5) is 13.2 Å². The van der Waals surface area contributed by atoms with E-state index in [2.05, 4.69) is 20.6 Å². The molecule has 0 aliphatic heterocycles. The van der Waals surface area contributed by atoms with Crippen molar-refractivity contribution in [1.82, 2.24) is 25.3 Å². The molecule has 0 unspecified atom stereocenters. The molecule has 8 heteroatoms. The quantitative estimate of drug-likeness (QED) is 0.873. The van der Waals surface area contributed by atoms with Gasteiger partial charge in [-0.3, -0.25) is 9.78 Å². The second kappa shape index (κ2) is 4.81. The number of H-pyrrole nitrogens is 1. The van der Waals surface area contributed by atoms with Crippen LogP contribution in [0.3, 0.4) is 0 Å². The summed E-state index contributed by atoms with van der Waals surface area (Å²) in [4.78, 5) is 0. The predicted molar refractivity (Wildman–Crippen MR) is 57.3 cm³/mol. The van der Waals surface area contributed by atoms with E-state index in [1.165, 1.54) is 0 Å². The van der Waals surface area contributed by atoms with Crippen LogP contribution in [0.15, 0.2) is 18.3 Å². The summed E-state index contributed by atoms with van der Waals surface area (Å²) in [7, 11) is 1.80. The molecule has 0 saturated heterocycles. The first kappa shape index (κ1) is 12.6. The zero-order valence-electron chi connectivity index (χ0n) is 9.62. The van der Waals surface area contributed by atoms with Crippen LogP contribution in [0.25, 0.3) is 0 Å². The van der Waals surface area contributed by atoms with Crippen molar-refractivity contribution in [1.29, 1.82) is 0 Å². The molecule has 0 aliphatic rings. The summed E-state index contributed by atoms with van der Waals surface area (Å²) >= 11 is 0. The smallest absolute Gasteiger partial charge is 0.306 e. The van der Waals surface area contributed by atoms with Gasteiger partial charge < -0.3 is 5.32 Å². The summed E-state index contributed by atoms with van der Waals surface area (Å²) in [5.41, 5.74) is 0.440. The Bertz CT molecular complexity index is 514. The van der Waals surface area contributed by atoms with Gasteiger partial charge in [0.25, 0.3) is 0 Å². The summed E-state index contributed by atoms with van der Waals surface area (Å²) in [6, 6.07) is 2.83. The van der Waals surface area contributed by atoms with Crippen LogP contribution in [0.5, 0.6) is 0 Å². The lowest BCUT2D eigenvalue weighted by atomic mass is 10.3. The van der Waals surface area contributed by atoms with Crippen molar-refractivity contribution in [3.05, 3.63) is 35.4 Å². The first-order valence-corrected chi connectivity index (χ1v) is 5.26. The number of nitrogens with zero attached hydrogens (tertiary/aromatic N) is 3. The fourth-order valence-corrected chi connectivity index (χ4v) is 1.50. The molecule has 0 aliphatic carbocycles. The Morgan fingerprint density at radius 2 is 2.17 bits per heavy atom. The van der Waals surface area contributed by atoms with Crippen molar-refractivity contribution in [3.8, 4) is 0 Å². The molecule has 18 heavy (non-hydrogen) atoms. The molecule has 5 nitrogen and oxygen atoms in total. The highest BCUT2D eigenvalue weighted by Gasteiger charge is 2.33. The Morgan fingerprint density at radius 3 is 2.72 bits per heavy atom. The molecular weight excluding hydrogens is 247 g/mol. The molecule has 0 spiro atoms. The van der Waals surface area contributed by atoms with Crippen LogP contribution in [0.2, 0.25) is 0 Å². The van der Waals surface area contributed by atoms with E-state index in [1.54, 1.807) is 17.9 Å². The molecule has 2 aromatic rings. The number of rotatable bonds is 4. The van der Waals surface area contributed by atoms with Crippen LogP contribution < -0.4 is 5.32 Å². The maximum absolute atomic E-state index is 12.3. The third kappa shape index (κ3) is 2.89. The molecular formula is C10H12F3N5. The molecule has 0 aromatic carbocycles. The number of nitrogens with one attached hydrogen (secondary N) is 2. The normalized spacial score (nSPS) is 12.0. The summed E-state index contributed by atoms with van der Waals surface area (Å²) < 4.78 is 38.6. The number of aromatic nitrogens is 4. The highest BCUT2D eigenvalue weighted by Crippen LogP contribution is 2.27. The van der Waals surface area contributed by atoms with Gasteiger partial charge in [-0.1, -0.05) is 0 Å². The number of aryl methyl sites for hydroxylation is 1. The maximum Gasteiger partial charge on any atom is 0.435 e. The van der Waals surface area contributed by atoms with E-state index in [0.717, 1.165) is 11.8 Å². The number of alkyl halides is 3. The first-order valence-electron chi connectivity index (χ1n) is 5.26. The molecule has 0 fully saturated rings. The molecule has 2 rings (SSSR count). The minimum absolute atomic E-state index is 0.286. The molecule has 0 radical (unpaired) electrons. The van der Waals surface area contributed by atoms with Gasteiger partial charge in [-0.15, -0.1) is 0 Å². The zero-order valence-corrected chi connectivity index (χ0v) is 9.62. The van der Waals surface area contributed by atoms with Crippen molar-refractivity contribution in [2.24, 2.45) is 7.05 Å². The standard InChI is InChI=1S/C10H12F3N5/c1-18-8(2-3-15-18)6-14-5-7-4-9(17-16-7)10(11,12)13/h2-4,14H,5-6H2,1H3,(H,16,17). The third-order valence-electron chi connectivity index (χ3n) is 2.47. The van der Waals surface area contributed by atoms with Gasteiger partial charge in [0.1, 0.15) is 0 Å². The lowest BCUT2D eigenvalue weighted by Crippen LogP contribution is -2.15. The van der Waals surface area contributed by atoms with Crippen molar-refractivity contribution in [2.75, 3.05) is 0 Å². The van der Waals surface area contributed by atoms with Gasteiger partial charge in [-0.05, 0) is 12.1 Å². The molecule has 98 valence electrons. The Morgan fingerprint density at radius 1 is 1.39 bits per heavy atom. The van der Waals surface area contributed by atoms with E-state index in [-0.39, 0.29) is 6.54 Å². The fraction of sp³-hybridized carbons (Fsp3) is 0.400. The van der Waals surface area contributed by atoms with Crippen LogP contribution >= 0.6 is 0 Å². The van der Waals surface area contributed by atoms with Gasteiger partial charge in [0, 0.05) is 32.0 Å². The number of halogens is 3. The topological polar surface area (TPSA) is 58.5 Å². The van der Waals surface area contributed by atoms with Gasteiger partial charge in [0.05, 0.1) is 5.69 Å². The molecule has 0 atom stereocenters. The summed E-state index contributed by atoms with van der Waals surface area (Å²) in [5.74, 6) is 0. The third-order valence-corrected chi connectivity index (χ3v) is 2.47. The van der Waals surface area contributed by atoms with E-state index >= 15 is 0 Å². The van der Waals surface area contributed by atoms with Gasteiger partial charge in [0.15, 0.2) is 5.69 Å². The van der Waals surface area contributed by atoms with Crippen molar-refractivity contribution in [3.63, 3.8) is 0 Å². The number of hydrogen-bond donors (Lipinski definition) is 2. The molecule has 2 N–H and O–H groups in total. The second-order valence-corrected chi connectivity index (χ2v) is 3.83. The van der Waals surface area contributed by atoms with Gasteiger partial charge in [-0.25, -0.2) is 0 Å². The van der Waals surface area contributed by atoms with E-state index in [1.807, 2.05) is 6.07 Å². The van der Waals surface area contributed by atoms with E-state index in [9.17, 15) is 13.2 Å².